The standard InChI is InChI=1S/C12H17NO2/c1-9-4-6-11(7-5-9)12(10(2)14)8-13-15-3/h4-7,12-13H,8H2,1-3H3/t12-/m0/s1. The summed E-state index contributed by atoms with van der Waals surface area (Å²) >= 11 is 0. The Morgan fingerprint density at radius 1 is 1.40 bits per heavy atom. The number of benzene rings is 1. The van der Waals surface area contributed by atoms with Gasteiger partial charge in [0.25, 0.3) is 0 Å². The summed E-state index contributed by atoms with van der Waals surface area (Å²) in [7, 11) is 1.55. The van der Waals surface area contributed by atoms with E-state index in [9.17, 15) is 4.79 Å². The lowest BCUT2D eigenvalue weighted by atomic mass is 9.95. The SMILES string of the molecule is CONC[C@@H](C(C)=O)c1ccc(C)cc1. The van der Waals surface area contributed by atoms with Crippen LogP contribution in [0.2, 0.25) is 0 Å². The molecule has 1 aromatic carbocycles. The zero-order valence-electron chi connectivity index (χ0n) is 9.41. The highest BCUT2D eigenvalue weighted by atomic mass is 16.6. The highest BCUT2D eigenvalue weighted by molar-refractivity contribution is 5.83. The van der Waals surface area contributed by atoms with E-state index >= 15 is 0 Å². The number of rotatable bonds is 5. The zero-order valence-corrected chi connectivity index (χ0v) is 9.41. The van der Waals surface area contributed by atoms with Crippen LogP contribution in [-0.2, 0) is 9.63 Å². The average molecular weight is 207 g/mol. The number of hydrogen-bond acceptors (Lipinski definition) is 3. The van der Waals surface area contributed by atoms with Gasteiger partial charge in [0.1, 0.15) is 5.78 Å². The maximum absolute atomic E-state index is 11.4. The fourth-order valence-corrected chi connectivity index (χ4v) is 1.46. The summed E-state index contributed by atoms with van der Waals surface area (Å²) in [5.41, 5.74) is 4.94. The van der Waals surface area contributed by atoms with Gasteiger partial charge in [-0.3, -0.25) is 4.79 Å². The fourth-order valence-electron chi connectivity index (χ4n) is 1.46. The molecule has 0 heterocycles. The van der Waals surface area contributed by atoms with Gasteiger partial charge in [0.05, 0.1) is 13.0 Å². The molecule has 0 aliphatic heterocycles. The van der Waals surface area contributed by atoms with Crippen molar-refractivity contribution in [3.05, 3.63) is 35.4 Å². The summed E-state index contributed by atoms with van der Waals surface area (Å²) in [6.07, 6.45) is 0. The molecule has 1 atom stereocenters. The maximum Gasteiger partial charge on any atom is 0.138 e. The lowest BCUT2D eigenvalue weighted by Crippen LogP contribution is -2.24. The molecule has 0 spiro atoms. The van der Waals surface area contributed by atoms with Gasteiger partial charge in [0.15, 0.2) is 0 Å². The van der Waals surface area contributed by atoms with Crippen LogP contribution in [-0.4, -0.2) is 19.4 Å². The quantitative estimate of drug-likeness (QED) is 0.748. The number of ketones is 1. The first-order valence-electron chi connectivity index (χ1n) is 4.98. The largest absolute Gasteiger partial charge is 0.305 e. The molecule has 0 aliphatic carbocycles. The van der Waals surface area contributed by atoms with Crippen LogP contribution in [0.15, 0.2) is 24.3 Å². The van der Waals surface area contributed by atoms with Crippen LogP contribution in [0.4, 0.5) is 0 Å². The molecule has 3 heteroatoms. The van der Waals surface area contributed by atoms with Crippen molar-refractivity contribution in [1.82, 2.24) is 5.48 Å². The van der Waals surface area contributed by atoms with E-state index in [0.717, 1.165) is 5.56 Å². The fraction of sp³-hybridized carbons (Fsp3) is 0.417. The highest BCUT2D eigenvalue weighted by Gasteiger charge is 2.15. The summed E-state index contributed by atoms with van der Waals surface area (Å²) in [5, 5.41) is 0. The van der Waals surface area contributed by atoms with Crippen LogP contribution in [0, 0.1) is 6.92 Å². The van der Waals surface area contributed by atoms with Crippen LogP contribution in [0.3, 0.4) is 0 Å². The van der Waals surface area contributed by atoms with Gasteiger partial charge in [-0.25, -0.2) is 5.48 Å². The van der Waals surface area contributed by atoms with Crippen molar-refractivity contribution in [2.24, 2.45) is 0 Å². The van der Waals surface area contributed by atoms with Crippen LogP contribution < -0.4 is 5.48 Å². The first-order chi connectivity index (χ1) is 7.15. The monoisotopic (exact) mass is 207 g/mol. The Balaban J connectivity index is 2.79. The van der Waals surface area contributed by atoms with E-state index in [1.54, 1.807) is 14.0 Å². The van der Waals surface area contributed by atoms with E-state index in [4.69, 9.17) is 4.84 Å². The van der Waals surface area contributed by atoms with Gasteiger partial charge < -0.3 is 4.84 Å². The van der Waals surface area contributed by atoms with Crippen LogP contribution in [0.25, 0.3) is 0 Å². The second-order valence-electron chi connectivity index (χ2n) is 3.63. The molecule has 1 rings (SSSR count). The molecule has 15 heavy (non-hydrogen) atoms. The zero-order chi connectivity index (χ0) is 11.3. The summed E-state index contributed by atoms with van der Waals surface area (Å²) in [6, 6.07) is 7.99. The molecule has 82 valence electrons. The lowest BCUT2D eigenvalue weighted by molar-refractivity contribution is -0.118. The van der Waals surface area contributed by atoms with E-state index in [-0.39, 0.29) is 11.7 Å². The highest BCUT2D eigenvalue weighted by Crippen LogP contribution is 2.16. The van der Waals surface area contributed by atoms with Gasteiger partial charge in [-0.15, -0.1) is 0 Å². The normalized spacial score (nSPS) is 12.5. The van der Waals surface area contributed by atoms with Crippen molar-refractivity contribution in [2.75, 3.05) is 13.7 Å². The van der Waals surface area contributed by atoms with Crippen LogP contribution in [0.5, 0.6) is 0 Å². The van der Waals surface area contributed by atoms with E-state index in [0.29, 0.717) is 6.54 Å². The molecule has 1 N–H and O–H groups in total. The van der Waals surface area contributed by atoms with Crippen molar-refractivity contribution in [2.45, 2.75) is 19.8 Å². The Kier molecular flexibility index (Phi) is 4.46. The van der Waals surface area contributed by atoms with Gasteiger partial charge in [0.2, 0.25) is 0 Å². The number of hydrogen-bond donors (Lipinski definition) is 1. The second-order valence-corrected chi connectivity index (χ2v) is 3.63. The molecule has 0 bridgehead atoms. The molecule has 1 aromatic rings. The Morgan fingerprint density at radius 2 is 2.00 bits per heavy atom. The Bertz CT molecular complexity index is 319. The maximum atomic E-state index is 11.4. The van der Waals surface area contributed by atoms with Crippen LogP contribution in [0.1, 0.15) is 24.0 Å². The van der Waals surface area contributed by atoms with E-state index in [1.165, 1.54) is 5.56 Å². The minimum atomic E-state index is -0.134. The van der Waals surface area contributed by atoms with Gasteiger partial charge >= 0.3 is 0 Å². The van der Waals surface area contributed by atoms with E-state index < -0.39 is 0 Å². The minimum Gasteiger partial charge on any atom is -0.305 e. The predicted molar refractivity (Wildman–Crippen MR) is 59.6 cm³/mol. The van der Waals surface area contributed by atoms with Crippen molar-refractivity contribution < 1.29 is 9.63 Å². The van der Waals surface area contributed by atoms with Crippen molar-refractivity contribution in [3.8, 4) is 0 Å². The molecule has 0 radical (unpaired) electrons. The van der Waals surface area contributed by atoms with E-state index in [2.05, 4.69) is 5.48 Å². The number of carbonyl (C=O) groups is 1. The second kappa shape index (κ2) is 5.63. The molecule has 0 fully saturated rings. The van der Waals surface area contributed by atoms with Gasteiger partial charge in [0, 0.05) is 6.54 Å². The van der Waals surface area contributed by atoms with Gasteiger partial charge in [-0.2, -0.15) is 0 Å². The number of carbonyl (C=O) groups excluding carboxylic acids is 1. The smallest absolute Gasteiger partial charge is 0.138 e. The molecule has 0 amide bonds. The molecule has 0 aromatic heterocycles. The summed E-state index contributed by atoms with van der Waals surface area (Å²) < 4.78 is 0. The van der Waals surface area contributed by atoms with Crippen molar-refractivity contribution in [3.63, 3.8) is 0 Å². The molecule has 0 saturated carbocycles. The molecule has 3 nitrogen and oxygen atoms in total. The molecule has 0 saturated heterocycles. The van der Waals surface area contributed by atoms with Gasteiger partial charge in [-0.1, -0.05) is 29.8 Å². The third-order valence-electron chi connectivity index (χ3n) is 2.40. The van der Waals surface area contributed by atoms with Crippen molar-refractivity contribution in [1.29, 1.82) is 0 Å². The Labute approximate surface area is 90.4 Å². The molecular formula is C12H17NO2. The Hall–Kier alpha value is -1.19. The van der Waals surface area contributed by atoms with Crippen molar-refractivity contribution >= 4 is 5.78 Å². The Morgan fingerprint density at radius 3 is 2.47 bits per heavy atom. The number of aryl methyl sites for hydroxylation is 1. The summed E-state index contributed by atoms with van der Waals surface area (Å²) in [4.78, 5) is 16.2. The number of Topliss-reactive ketones (excluding diaryl/α,β-unsaturated/α-hetero) is 1. The summed E-state index contributed by atoms with van der Waals surface area (Å²) in [6.45, 7) is 4.14. The predicted octanol–water partition coefficient (Wildman–Crippen LogP) is 1.82. The minimum absolute atomic E-state index is 0.134. The van der Waals surface area contributed by atoms with Crippen LogP contribution >= 0.6 is 0 Å². The summed E-state index contributed by atoms with van der Waals surface area (Å²) in [5.74, 6) is 0.00829. The third kappa shape index (κ3) is 3.46. The molecule has 0 aliphatic rings. The first kappa shape index (κ1) is 11.9. The third-order valence-corrected chi connectivity index (χ3v) is 2.40. The molecule has 0 unspecified atom stereocenters. The van der Waals surface area contributed by atoms with E-state index in [1.807, 2.05) is 31.2 Å². The molecular weight excluding hydrogens is 190 g/mol. The number of nitrogens with one attached hydrogen (secondary N) is 1. The number of hydroxylamine groups is 1. The average Bonchev–Trinajstić information content (AvgIpc) is 2.21. The van der Waals surface area contributed by atoms with Gasteiger partial charge in [-0.05, 0) is 19.4 Å². The topological polar surface area (TPSA) is 38.3 Å². The first-order valence-corrected chi connectivity index (χ1v) is 4.98. The lowest BCUT2D eigenvalue weighted by Gasteiger charge is -2.14.